The molecule has 7 heteroatoms. The van der Waals surface area contributed by atoms with Crippen molar-refractivity contribution in [2.75, 3.05) is 0 Å². The quantitative estimate of drug-likeness (QED) is 0.257. The smallest absolute Gasteiger partial charge is 1.00 e. The molecule has 0 fully saturated rings. The standard InChI is InChI=1S/C41H46N2O2.2BrH.Ni/c1-26(2)38-40(32-17-9-28(5)10-18-32,33-19-11-29(6)12-20-33)44-36(42-38)25-37-43-39(27(3)4)41(45-37,34-21-13-30(7)14-22-34)35-23-15-31(8)16-24-35;;;/h9-24,26-27,38-39H,25H2,1-8H3;2*1H;/q;;;+2/p-2/t38-,39-;;;/m1.../s1. The van der Waals surface area contributed by atoms with E-state index >= 15 is 0 Å². The van der Waals surface area contributed by atoms with E-state index in [1.807, 2.05) is 0 Å². The third-order valence-corrected chi connectivity index (χ3v) is 9.44. The summed E-state index contributed by atoms with van der Waals surface area (Å²) in [5.41, 5.74) is 7.82. The number of halogens is 2. The van der Waals surface area contributed by atoms with Gasteiger partial charge in [-0.1, -0.05) is 147 Å². The van der Waals surface area contributed by atoms with Crippen LogP contribution in [0.3, 0.4) is 0 Å². The molecule has 2 aliphatic rings. The van der Waals surface area contributed by atoms with Crippen LogP contribution >= 0.6 is 0 Å². The Kier molecular flexibility index (Phi) is 13.1. The zero-order chi connectivity index (χ0) is 31.9. The zero-order valence-corrected chi connectivity index (χ0v) is 33.2. The minimum absolute atomic E-state index is 0. The Morgan fingerprint density at radius 3 is 0.917 bits per heavy atom. The minimum atomic E-state index is -0.744. The van der Waals surface area contributed by atoms with Gasteiger partial charge in [0.05, 0.1) is 6.42 Å². The third-order valence-electron chi connectivity index (χ3n) is 9.44. The van der Waals surface area contributed by atoms with Gasteiger partial charge in [-0.25, -0.2) is 9.98 Å². The molecular weight excluding hydrogens is 771 g/mol. The molecule has 0 unspecified atom stereocenters. The van der Waals surface area contributed by atoms with Gasteiger partial charge in [0.25, 0.3) is 0 Å². The zero-order valence-electron chi connectivity index (χ0n) is 29.0. The van der Waals surface area contributed by atoms with E-state index in [9.17, 15) is 0 Å². The van der Waals surface area contributed by atoms with Crippen molar-refractivity contribution in [1.29, 1.82) is 0 Å². The van der Waals surface area contributed by atoms with Crippen LogP contribution in [0.1, 0.15) is 78.6 Å². The van der Waals surface area contributed by atoms with E-state index in [0.717, 1.165) is 22.3 Å². The van der Waals surface area contributed by atoms with Crippen molar-refractivity contribution in [3.8, 4) is 0 Å². The second-order valence-corrected chi connectivity index (χ2v) is 13.7. The van der Waals surface area contributed by atoms with Crippen LogP contribution in [0.15, 0.2) is 107 Å². The molecule has 48 heavy (non-hydrogen) atoms. The van der Waals surface area contributed by atoms with E-state index < -0.39 is 11.2 Å². The molecule has 6 rings (SSSR count). The van der Waals surface area contributed by atoms with Crippen LogP contribution < -0.4 is 34.0 Å². The summed E-state index contributed by atoms with van der Waals surface area (Å²) in [6.07, 6.45) is 0.394. The Morgan fingerprint density at radius 1 is 0.479 bits per heavy atom. The molecule has 0 aromatic heterocycles. The van der Waals surface area contributed by atoms with E-state index in [1.54, 1.807) is 0 Å². The average Bonchev–Trinajstić information content (AvgIpc) is 3.59. The van der Waals surface area contributed by atoms with Crippen LogP contribution in [0, 0.1) is 39.5 Å². The van der Waals surface area contributed by atoms with Crippen molar-refractivity contribution in [2.45, 2.75) is 85.1 Å². The first-order valence-corrected chi connectivity index (χ1v) is 16.3. The van der Waals surface area contributed by atoms with E-state index in [4.69, 9.17) is 19.5 Å². The molecule has 2 atom stereocenters. The molecular formula is C41H46Br2N2NiO2. The number of hydrogen-bond donors (Lipinski definition) is 0. The fourth-order valence-electron chi connectivity index (χ4n) is 7.02. The van der Waals surface area contributed by atoms with Gasteiger partial charge in [0, 0.05) is 22.3 Å². The normalized spacial score (nSPS) is 18.9. The van der Waals surface area contributed by atoms with Gasteiger partial charge < -0.3 is 43.4 Å². The average molecular weight is 817 g/mol. The van der Waals surface area contributed by atoms with Crippen LogP contribution in [0.2, 0.25) is 0 Å². The molecule has 2 heterocycles. The van der Waals surface area contributed by atoms with E-state index in [2.05, 4.69) is 152 Å². The number of aryl methyl sites for hydroxylation is 4. The molecule has 0 bridgehead atoms. The first-order valence-electron chi connectivity index (χ1n) is 16.3. The Bertz CT molecular complexity index is 1490. The van der Waals surface area contributed by atoms with E-state index in [-0.39, 0.29) is 74.4 Å². The van der Waals surface area contributed by atoms with Crippen LogP contribution in [0.5, 0.6) is 0 Å². The van der Waals surface area contributed by atoms with Crippen molar-refractivity contribution in [3.05, 3.63) is 142 Å². The van der Waals surface area contributed by atoms with Gasteiger partial charge in [-0.2, -0.15) is 0 Å². The van der Waals surface area contributed by atoms with E-state index in [1.165, 1.54) is 22.3 Å². The summed E-state index contributed by atoms with van der Waals surface area (Å²) in [7, 11) is 0. The summed E-state index contributed by atoms with van der Waals surface area (Å²) in [4.78, 5) is 10.6. The van der Waals surface area contributed by atoms with Crippen molar-refractivity contribution < 1.29 is 59.9 Å². The predicted molar refractivity (Wildman–Crippen MR) is 185 cm³/mol. The third kappa shape index (κ3) is 7.25. The second-order valence-electron chi connectivity index (χ2n) is 13.7. The van der Waals surface area contributed by atoms with Crippen LogP contribution in [-0.2, 0) is 37.2 Å². The molecule has 4 aromatic rings. The molecule has 0 spiro atoms. The largest absolute Gasteiger partial charge is 2.00 e. The maximum atomic E-state index is 7.13. The molecule has 4 aromatic carbocycles. The number of ether oxygens (including phenoxy) is 2. The summed E-state index contributed by atoms with van der Waals surface area (Å²) in [6, 6.07) is 34.7. The van der Waals surface area contributed by atoms with Gasteiger partial charge in [-0.05, 0) is 39.5 Å². The molecule has 0 aliphatic carbocycles. The number of aliphatic imine (C=N–C) groups is 2. The maximum absolute atomic E-state index is 7.13. The topological polar surface area (TPSA) is 43.2 Å². The number of benzene rings is 4. The number of nitrogens with zero attached hydrogens (tertiary/aromatic N) is 2. The van der Waals surface area contributed by atoms with Crippen molar-refractivity contribution in [2.24, 2.45) is 21.8 Å². The van der Waals surface area contributed by atoms with Crippen LogP contribution in [-0.4, -0.2) is 23.9 Å². The summed E-state index contributed by atoms with van der Waals surface area (Å²) in [6.45, 7) is 17.4. The van der Waals surface area contributed by atoms with Gasteiger partial charge in [0.1, 0.15) is 12.1 Å². The molecule has 0 radical (unpaired) electrons. The molecule has 256 valence electrons. The van der Waals surface area contributed by atoms with Crippen molar-refractivity contribution in [3.63, 3.8) is 0 Å². The Labute approximate surface area is 318 Å². The first kappa shape index (κ1) is 39.7. The maximum Gasteiger partial charge on any atom is 2.00 e. The van der Waals surface area contributed by atoms with E-state index in [0.29, 0.717) is 18.2 Å². The minimum Gasteiger partial charge on any atom is -1.00 e. The van der Waals surface area contributed by atoms with Crippen molar-refractivity contribution in [1.82, 2.24) is 0 Å². The fourth-order valence-corrected chi connectivity index (χ4v) is 7.02. The number of hydrogen-bond acceptors (Lipinski definition) is 4. The molecule has 0 saturated carbocycles. The molecule has 2 aliphatic heterocycles. The monoisotopic (exact) mass is 814 g/mol. The predicted octanol–water partition coefficient (Wildman–Crippen LogP) is 3.41. The number of rotatable bonds is 8. The second kappa shape index (κ2) is 15.9. The Hall–Kier alpha value is -2.73. The first-order chi connectivity index (χ1) is 21.5. The fraction of sp³-hybridized carbons (Fsp3) is 0.366. The molecule has 0 N–H and O–H groups in total. The summed E-state index contributed by atoms with van der Waals surface area (Å²) < 4.78 is 14.3. The van der Waals surface area contributed by atoms with Crippen LogP contribution in [0.4, 0.5) is 0 Å². The molecule has 4 nitrogen and oxygen atoms in total. The van der Waals surface area contributed by atoms with Gasteiger partial charge >= 0.3 is 16.5 Å². The molecule has 0 saturated heterocycles. The molecule has 0 amide bonds. The van der Waals surface area contributed by atoms with Crippen molar-refractivity contribution >= 4 is 11.8 Å². The van der Waals surface area contributed by atoms with Gasteiger partial charge in [0.15, 0.2) is 23.0 Å². The summed E-state index contributed by atoms with van der Waals surface area (Å²) >= 11 is 0. The summed E-state index contributed by atoms with van der Waals surface area (Å²) in [5, 5.41) is 0. The SMILES string of the molecule is Cc1ccc(C2(c3ccc(C)cc3)OC(CC3=N[C@H](C(C)C)C(c4ccc(C)cc4)(c4ccc(C)cc4)O3)=N[C@@H]2C(C)C)cc1.[Br-].[Br-].[Ni+2]. The van der Waals surface area contributed by atoms with Crippen LogP contribution in [0.25, 0.3) is 0 Å². The van der Waals surface area contributed by atoms with Gasteiger partial charge in [-0.3, -0.25) is 0 Å². The van der Waals surface area contributed by atoms with Gasteiger partial charge in [-0.15, -0.1) is 0 Å². The Balaban J connectivity index is 0.00000208. The Morgan fingerprint density at radius 2 is 0.708 bits per heavy atom. The summed E-state index contributed by atoms with van der Waals surface area (Å²) in [5.74, 6) is 1.80. The van der Waals surface area contributed by atoms with Gasteiger partial charge in [0.2, 0.25) is 0 Å².